The van der Waals surface area contributed by atoms with Crippen LogP contribution < -0.4 is 0 Å². The number of nitrogens with zero attached hydrogens (tertiary/aromatic N) is 3. The van der Waals surface area contributed by atoms with Gasteiger partial charge >= 0.3 is 12.2 Å². The summed E-state index contributed by atoms with van der Waals surface area (Å²) in [7, 11) is 0. The monoisotopic (exact) mass is 319 g/mol. The van der Waals surface area contributed by atoms with Gasteiger partial charge < -0.3 is 14.4 Å². The fourth-order valence-corrected chi connectivity index (χ4v) is 2.78. The minimum Gasteiger partial charge on any atom is -0.447 e. The van der Waals surface area contributed by atoms with Crippen molar-refractivity contribution < 1.29 is 19.1 Å². The van der Waals surface area contributed by atoms with Gasteiger partial charge in [0.15, 0.2) is 0 Å². The number of hydrogen-bond donors (Lipinski definition) is 0. The van der Waals surface area contributed by atoms with Crippen LogP contribution in [0, 0.1) is 0 Å². The molecular formula is C16H21N3O4. The molecule has 23 heavy (non-hydrogen) atoms. The molecule has 0 aromatic heterocycles. The molecule has 2 saturated heterocycles. The lowest BCUT2D eigenvalue weighted by Gasteiger charge is -2.28. The molecule has 1 aromatic rings. The zero-order valence-corrected chi connectivity index (χ0v) is 13.0. The summed E-state index contributed by atoms with van der Waals surface area (Å²) in [6, 6.07) is 9.62. The van der Waals surface area contributed by atoms with Crippen LogP contribution in [-0.4, -0.2) is 66.4 Å². The molecule has 7 heteroatoms. The van der Waals surface area contributed by atoms with E-state index >= 15 is 0 Å². The Labute approximate surface area is 135 Å². The Balaban J connectivity index is 1.49. The molecule has 1 aromatic carbocycles. The molecule has 0 spiro atoms. The highest BCUT2D eigenvalue weighted by atomic mass is 16.6. The van der Waals surface area contributed by atoms with Gasteiger partial charge in [0.05, 0.1) is 6.54 Å². The molecule has 0 unspecified atom stereocenters. The molecule has 0 atom stereocenters. The normalized spacial score (nSPS) is 19.4. The molecule has 3 rings (SSSR count). The first-order valence-corrected chi connectivity index (χ1v) is 7.89. The Morgan fingerprint density at radius 2 is 1.91 bits per heavy atom. The van der Waals surface area contributed by atoms with E-state index in [1.807, 2.05) is 35.3 Å². The van der Waals surface area contributed by atoms with Gasteiger partial charge in [0.1, 0.15) is 13.2 Å². The van der Waals surface area contributed by atoms with Gasteiger partial charge in [-0.1, -0.05) is 30.3 Å². The van der Waals surface area contributed by atoms with Crippen LogP contribution in [-0.2, 0) is 16.1 Å². The first kappa shape index (κ1) is 15.6. The van der Waals surface area contributed by atoms with E-state index in [1.165, 1.54) is 0 Å². The quantitative estimate of drug-likeness (QED) is 0.848. The molecule has 7 nitrogen and oxygen atoms in total. The number of benzene rings is 1. The number of cyclic esters (lactones) is 1. The summed E-state index contributed by atoms with van der Waals surface area (Å²) in [4.78, 5) is 25.5. The summed E-state index contributed by atoms with van der Waals surface area (Å²) in [5.41, 5.74) is 0.970. The number of ether oxygens (including phenoxy) is 2. The van der Waals surface area contributed by atoms with Crippen molar-refractivity contribution in [2.45, 2.75) is 13.0 Å². The van der Waals surface area contributed by atoms with Gasteiger partial charge in [-0.25, -0.2) is 19.6 Å². The van der Waals surface area contributed by atoms with Crippen molar-refractivity contribution in [2.75, 3.05) is 39.3 Å². The van der Waals surface area contributed by atoms with Crippen LogP contribution >= 0.6 is 0 Å². The summed E-state index contributed by atoms with van der Waals surface area (Å²) < 4.78 is 10.3. The van der Waals surface area contributed by atoms with E-state index in [4.69, 9.17) is 9.47 Å². The Bertz CT molecular complexity index is 552. The van der Waals surface area contributed by atoms with E-state index in [2.05, 4.69) is 0 Å². The maximum Gasteiger partial charge on any atom is 0.424 e. The zero-order chi connectivity index (χ0) is 16.1. The van der Waals surface area contributed by atoms with E-state index in [0.29, 0.717) is 32.8 Å². The van der Waals surface area contributed by atoms with Crippen LogP contribution in [0.3, 0.4) is 0 Å². The minimum absolute atomic E-state index is 0.276. The maximum absolute atomic E-state index is 12.2. The second kappa shape index (κ2) is 7.32. The average Bonchev–Trinajstić information content (AvgIpc) is 2.85. The smallest absolute Gasteiger partial charge is 0.424 e. The van der Waals surface area contributed by atoms with Crippen molar-refractivity contribution >= 4 is 12.2 Å². The largest absolute Gasteiger partial charge is 0.447 e. The maximum atomic E-state index is 12.2. The second-order valence-corrected chi connectivity index (χ2v) is 5.57. The van der Waals surface area contributed by atoms with E-state index in [9.17, 15) is 9.59 Å². The van der Waals surface area contributed by atoms with E-state index < -0.39 is 0 Å². The molecule has 2 fully saturated rings. The molecular weight excluding hydrogens is 298 g/mol. The van der Waals surface area contributed by atoms with Crippen LogP contribution in [0.5, 0.6) is 0 Å². The summed E-state index contributed by atoms with van der Waals surface area (Å²) in [5, 5.41) is 3.58. The molecule has 2 aliphatic rings. The second-order valence-electron chi connectivity index (χ2n) is 5.57. The summed E-state index contributed by atoms with van der Waals surface area (Å²) in [6.45, 7) is 3.80. The van der Waals surface area contributed by atoms with Crippen LogP contribution in [0.15, 0.2) is 30.3 Å². The first-order valence-electron chi connectivity index (χ1n) is 7.89. The molecule has 2 heterocycles. The Morgan fingerprint density at radius 3 is 2.65 bits per heavy atom. The highest BCUT2D eigenvalue weighted by molar-refractivity contribution is 5.69. The lowest BCUT2D eigenvalue weighted by atomic mass is 10.2. The van der Waals surface area contributed by atoms with Crippen molar-refractivity contribution in [2.24, 2.45) is 0 Å². The predicted octanol–water partition coefficient (Wildman–Crippen LogP) is 1.70. The molecule has 0 N–H and O–H groups in total. The van der Waals surface area contributed by atoms with E-state index in [1.54, 1.807) is 9.91 Å². The number of hydrogen-bond acceptors (Lipinski definition) is 5. The topological polar surface area (TPSA) is 62.3 Å². The first-order chi connectivity index (χ1) is 11.2. The third-order valence-electron chi connectivity index (χ3n) is 4.02. The number of carbonyl (C=O) groups excluding carboxylic acids is 2. The zero-order valence-electron chi connectivity index (χ0n) is 13.0. The fraction of sp³-hybridized carbons (Fsp3) is 0.500. The van der Waals surface area contributed by atoms with Crippen LogP contribution in [0.2, 0.25) is 0 Å². The molecule has 0 aliphatic carbocycles. The summed E-state index contributed by atoms with van der Waals surface area (Å²) in [5.74, 6) is 0. The minimum atomic E-state index is -0.306. The molecule has 0 saturated carbocycles. The molecule has 124 valence electrons. The van der Waals surface area contributed by atoms with Gasteiger partial charge in [-0.15, -0.1) is 0 Å². The lowest BCUT2D eigenvalue weighted by molar-refractivity contribution is 0.0262. The van der Waals surface area contributed by atoms with Crippen LogP contribution in [0.25, 0.3) is 0 Å². The number of hydrazine groups is 1. The van der Waals surface area contributed by atoms with Gasteiger partial charge in [-0.3, -0.25) is 0 Å². The third-order valence-corrected chi connectivity index (χ3v) is 4.02. The van der Waals surface area contributed by atoms with E-state index in [0.717, 1.165) is 18.5 Å². The molecule has 0 radical (unpaired) electrons. The van der Waals surface area contributed by atoms with Gasteiger partial charge in [-0.2, -0.15) is 0 Å². The Morgan fingerprint density at radius 1 is 1.09 bits per heavy atom. The van der Waals surface area contributed by atoms with Crippen molar-refractivity contribution in [1.29, 1.82) is 0 Å². The summed E-state index contributed by atoms with van der Waals surface area (Å²) >= 11 is 0. The standard InChI is InChI=1S/C16H21N3O4/c20-15(23-13-14-5-2-1-3-6-14)17-7-4-8-18(10-9-17)19-11-12-22-16(19)21/h1-3,5-6H,4,7-13H2. The number of carbonyl (C=O) groups is 2. The van der Waals surface area contributed by atoms with Crippen molar-refractivity contribution in [3.05, 3.63) is 35.9 Å². The molecule has 2 amide bonds. The fourth-order valence-electron chi connectivity index (χ4n) is 2.78. The Kier molecular flexibility index (Phi) is 4.97. The highest BCUT2D eigenvalue weighted by Gasteiger charge is 2.30. The van der Waals surface area contributed by atoms with E-state index in [-0.39, 0.29) is 18.8 Å². The van der Waals surface area contributed by atoms with Crippen molar-refractivity contribution in [3.63, 3.8) is 0 Å². The molecule has 0 bridgehead atoms. The predicted molar refractivity (Wildman–Crippen MR) is 82.4 cm³/mol. The Hall–Kier alpha value is -2.28. The van der Waals surface area contributed by atoms with Gasteiger partial charge in [0.2, 0.25) is 0 Å². The van der Waals surface area contributed by atoms with Crippen molar-refractivity contribution in [1.82, 2.24) is 14.9 Å². The van der Waals surface area contributed by atoms with Crippen LogP contribution in [0.1, 0.15) is 12.0 Å². The van der Waals surface area contributed by atoms with Crippen molar-refractivity contribution in [3.8, 4) is 0 Å². The highest BCUT2D eigenvalue weighted by Crippen LogP contribution is 2.13. The van der Waals surface area contributed by atoms with Gasteiger partial charge in [0.25, 0.3) is 0 Å². The molecule has 2 aliphatic heterocycles. The number of rotatable bonds is 3. The lowest BCUT2D eigenvalue weighted by Crippen LogP contribution is -2.45. The third kappa shape index (κ3) is 3.92. The average molecular weight is 319 g/mol. The van der Waals surface area contributed by atoms with Crippen LogP contribution in [0.4, 0.5) is 9.59 Å². The van der Waals surface area contributed by atoms with Gasteiger partial charge in [0, 0.05) is 26.2 Å². The summed E-state index contributed by atoms with van der Waals surface area (Å²) in [6.07, 6.45) is 0.189. The number of amides is 2. The van der Waals surface area contributed by atoms with Gasteiger partial charge in [-0.05, 0) is 12.0 Å². The SMILES string of the molecule is O=C(OCc1ccccc1)N1CCCN(N2CCOC2=O)CC1.